The van der Waals surface area contributed by atoms with Crippen LogP contribution < -0.4 is 4.74 Å². The summed E-state index contributed by atoms with van der Waals surface area (Å²) in [4.78, 5) is 11.2. The van der Waals surface area contributed by atoms with Gasteiger partial charge in [-0.25, -0.2) is 4.79 Å². The Kier molecular flexibility index (Phi) is 5.09. The van der Waals surface area contributed by atoms with Crippen molar-refractivity contribution in [1.82, 2.24) is 0 Å². The van der Waals surface area contributed by atoms with Gasteiger partial charge >= 0.3 is 5.97 Å². The molecular weight excluding hydrogens is 295 g/mol. The molecule has 0 saturated carbocycles. The average molecular weight is 308 g/mol. The number of alkyl halides is 1. The van der Waals surface area contributed by atoms with Gasteiger partial charge in [0.05, 0.1) is 7.11 Å². The molecule has 0 aliphatic rings. The summed E-state index contributed by atoms with van der Waals surface area (Å²) >= 11 is 9.27. The number of benzene rings is 1. The van der Waals surface area contributed by atoms with E-state index in [1.54, 1.807) is 25.1 Å². The highest BCUT2D eigenvalue weighted by atomic mass is 79.9. The number of methoxy groups -OCH3 is 1. The fourth-order valence-corrected chi connectivity index (χ4v) is 1.95. The number of ether oxygens (including phenoxy) is 2. The molecule has 88 valence electrons. The highest BCUT2D eigenvalue weighted by molar-refractivity contribution is 9.08. The summed E-state index contributed by atoms with van der Waals surface area (Å²) in [6, 6.07) is 5.24. The number of esters is 1. The summed E-state index contributed by atoms with van der Waals surface area (Å²) < 4.78 is 9.98. The minimum absolute atomic E-state index is 0.407. The largest absolute Gasteiger partial charge is 0.479 e. The van der Waals surface area contributed by atoms with Crippen molar-refractivity contribution in [2.24, 2.45) is 0 Å². The molecule has 0 heterocycles. The Labute approximate surface area is 108 Å². The first-order valence-electron chi connectivity index (χ1n) is 4.67. The van der Waals surface area contributed by atoms with E-state index in [4.69, 9.17) is 16.3 Å². The zero-order valence-corrected chi connectivity index (χ0v) is 11.3. The number of rotatable bonds is 4. The van der Waals surface area contributed by atoms with Gasteiger partial charge in [0.25, 0.3) is 0 Å². The molecule has 1 aromatic rings. The Morgan fingerprint density at radius 2 is 2.25 bits per heavy atom. The van der Waals surface area contributed by atoms with Crippen LogP contribution in [0.4, 0.5) is 0 Å². The van der Waals surface area contributed by atoms with Crippen LogP contribution in [0.1, 0.15) is 12.5 Å². The molecule has 0 amide bonds. The van der Waals surface area contributed by atoms with Gasteiger partial charge in [0, 0.05) is 10.4 Å². The van der Waals surface area contributed by atoms with E-state index in [0.29, 0.717) is 16.1 Å². The lowest BCUT2D eigenvalue weighted by atomic mass is 10.2. The number of hydrogen-bond donors (Lipinski definition) is 0. The Bertz CT molecular complexity index is 381. The summed E-state index contributed by atoms with van der Waals surface area (Å²) in [7, 11) is 1.33. The third kappa shape index (κ3) is 3.39. The van der Waals surface area contributed by atoms with Gasteiger partial charge in [0.15, 0.2) is 6.10 Å². The Balaban J connectivity index is 2.78. The maximum Gasteiger partial charge on any atom is 0.346 e. The molecule has 0 spiro atoms. The third-order valence-electron chi connectivity index (χ3n) is 2.01. The van der Waals surface area contributed by atoms with Gasteiger partial charge in [-0.15, -0.1) is 0 Å². The first-order chi connectivity index (χ1) is 7.58. The van der Waals surface area contributed by atoms with E-state index in [-0.39, 0.29) is 0 Å². The highest BCUT2D eigenvalue weighted by Crippen LogP contribution is 2.24. The van der Waals surface area contributed by atoms with Crippen molar-refractivity contribution >= 4 is 33.5 Å². The van der Waals surface area contributed by atoms with Crippen LogP contribution in [0.3, 0.4) is 0 Å². The van der Waals surface area contributed by atoms with Crippen LogP contribution in [0, 0.1) is 0 Å². The molecule has 0 bridgehead atoms. The first-order valence-corrected chi connectivity index (χ1v) is 6.17. The van der Waals surface area contributed by atoms with Gasteiger partial charge < -0.3 is 9.47 Å². The van der Waals surface area contributed by atoms with E-state index in [2.05, 4.69) is 20.7 Å². The maximum atomic E-state index is 11.2. The Hall–Kier alpha value is -0.740. The molecule has 0 fully saturated rings. The molecule has 5 heteroatoms. The predicted octanol–water partition coefficient (Wildman–Crippen LogP) is 3.18. The fourth-order valence-electron chi connectivity index (χ4n) is 1.15. The van der Waals surface area contributed by atoms with Crippen LogP contribution in [0.5, 0.6) is 5.75 Å². The van der Waals surface area contributed by atoms with E-state index >= 15 is 0 Å². The molecule has 0 aliphatic heterocycles. The molecule has 3 nitrogen and oxygen atoms in total. The van der Waals surface area contributed by atoms with Crippen molar-refractivity contribution in [3.8, 4) is 5.75 Å². The minimum Gasteiger partial charge on any atom is -0.479 e. The standard InChI is InChI=1S/C11H12BrClO3/c1-7(11(14)15-2)16-9-3-4-10(13)8(5-9)6-12/h3-5,7H,6H2,1-2H3/t7-/m0/s1. The summed E-state index contributed by atoms with van der Waals surface area (Å²) in [6.45, 7) is 1.63. The molecule has 0 saturated heterocycles. The predicted molar refractivity (Wildman–Crippen MR) is 66.2 cm³/mol. The zero-order valence-electron chi connectivity index (χ0n) is 9.00. The second-order valence-electron chi connectivity index (χ2n) is 3.17. The smallest absolute Gasteiger partial charge is 0.346 e. The lowest BCUT2D eigenvalue weighted by molar-refractivity contribution is -0.147. The van der Waals surface area contributed by atoms with E-state index < -0.39 is 12.1 Å². The van der Waals surface area contributed by atoms with Crippen LogP contribution in [0.25, 0.3) is 0 Å². The quantitative estimate of drug-likeness (QED) is 0.633. The van der Waals surface area contributed by atoms with Gasteiger partial charge in [-0.05, 0) is 30.7 Å². The molecule has 0 radical (unpaired) electrons. The van der Waals surface area contributed by atoms with Crippen LogP contribution >= 0.6 is 27.5 Å². The lowest BCUT2D eigenvalue weighted by Gasteiger charge is -2.13. The fraction of sp³-hybridized carbons (Fsp3) is 0.364. The monoisotopic (exact) mass is 306 g/mol. The van der Waals surface area contributed by atoms with E-state index in [0.717, 1.165) is 5.56 Å². The normalized spacial score (nSPS) is 12.0. The Morgan fingerprint density at radius 1 is 1.56 bits per heavy atom. The highest BCUT2D eigenvalue weighted by Gasteiger charge is 2.15. The van der Waals surface area contributed by atoms with Crippen LogP contribution in [0.2, 0.25) is 5.02 Å². The Morgan fingerprint density at radius 3 is 2.81 bits per heavy atom. The molecule has 0 N–H and O–H groups in total. The number of hydrogen-bond acceptors (Lipinski definition) is 3. The van der Waals surface area contributed by atoms with Crippen molar-refractivity contribution in [1.29, 1.82) is 0 Å². The number of carbonyl (C=O) groups excluding carboxylic acids is 1. The maximum absolute atomic E-state index is 11.2. The minimum atomic E-state index is -0.630. The van der Waals surface area contributed by atoms with E-state index in [9.17, 15) is 4.79 Å². The first kappa shape index (κ1) is 13.3. The van der Waals surface area contributed by atoms with Crippen molar-refractivity contribution < 1.29 is 14.3 Å². The van der Waals surface area contributed by atoms with E-state index in [1.165, 1.54) is 7.11 Å². The molecule has 0 unspecified atom stereocenters. The van der Waals surface area contributed by atoms with Crippen LogP contribution in [0.15, 0.2) is 18.2 Å². The molecule has 1 rings (SSSR count). The van der Waals surface area contributed by atoms with Gasteiger partial charge in [-0.1, -0.05) is 27.5 Å². The number of carbonyl (C=O) groups is 1. The van der Waals surface area contributed by atoms with Crippen LogP contribution in [-0.2, 0) is 14.9 Å². The van der Waals surface area contributed by atoms with E-state index in [1.807, 2.05) is 0 Å². The SMILES string of the molecule is COC(=O)[C@H](C)Oc1ccc(Cl)c(CBr)c1. The van der Waals surface area contributed by atoms with Crippen molar-refractivity contribution in [3.63, 3.8) is 0 Å². The van der Waals surface area contributed by atoms with Gasteiger partial charge in [-0.3, -0.25) is 0 Å². The zero-order chi connectivity index (χ0) is 12.1. The summed E-state index contributed by atoms with van der Waals surface area (Å²) in [5, 5.41) is 1.30. The van der Waals surface area contributed by atoms with Crippen molar-refractivity contribution in [2.45, 2.75) is 18.4 Å². The average Bonchev–Trinajstić information content (AvgIpc) is 2.30. The summed E-state index contributed by atoms with van der Waals surface area (Å²) in [6.07, 6.45) is -0.630. The molecule has 16 heavy (non-hydrogen) atoms. The van der Waals surface area contributed by atoms with Gasteiger partial charge in [-0.2, -0.15) is 0 Å². The molecule has 1 atom stereocenters. The van der Waals surface area contributed by atoms with Crippen LogP contribution in [-0.4, -0.2) is 19.2 Å². The lowest BCUT2D eigenvalue weighted by Crippen LogP contribution is -2.24. The topological polar surface area (TPSA) is 35.5 Å². The molecular formula is C11H12BrClO3. The molecule has 0 aromatic heterocycles. The second-order valence-corrected chi connectivity index (χ2v) is 4.14. The van der Waals surface area contributed by atoms with Gasteiger partial charge in [0.2, 0.25) is 0 Å². The molecule has 1 aromatic carbocycles. The number of halogens is 2. The summed E-state index contributed by atoms with van der Waals surface area (Å²) in [5.41, 5.74) is 0.913. The van der Waals surface area contributed by atoms with Gasteiger partial charge in [0.1, 0.15) is 5.75 Å². The van der Waals surface area contributed by atoms with Crippen molar-refractivity contribution in [3.05, 3.63) is 28.8 Å². The second kappa shape index (κ2) is 6.11. The third-order valence-corrected chi connectivity index (χ3v) is 2.98. The van der Waals surface area contributed by atoms with Crippen molar-refractivity contribution in [2.75, 3.05) is 7.11 Å². The summed E-state index contributed by atoms with van der Waals surface area (Å²) in [5.74, 6) is 0.187. The molecule has 0 aliphatic carbocycles.